The van der Waals surface area contributed by atoms with Gasteiger partial charge in [0, 0.05) is 43.1 Å². The van der Waals surface area contributed by atoms with E-state index in [1.165, 1.54) is 16.4 Å². The molecule has 2 heterocycles. The minimum Gasteiger partial charge on any atom is -0.366 e. The molecule has 1 aliphatic heterocycles. The van der Waals surface area contributed by atoms with Crippen LogP contribution in [0.3, 0.4) is 0 Å². The van der Waals surface area contributed by atoms with Crippen LogP contribution in [0.1, 0.15) is 0 Å². The van der Waals surface area contributed by atoms with Crippen LogP contribution in [0, 0.1) is 0 Å². The number of sulfonamides is 1. The van der Waals surface area contributed by atoms with Crippen LogP contribution in [-0.2, 0) is 10.0 Å². The first-order valence-corrected chi connectivity index (χ1v) is 11.4. The molecule has 156 valence electrons. The molecule has 9 heteroatoms. The Hall–Kier alpha value is -2.68. The Bertz CT molecular complexity index is 1160. The highest BCUT2D eigenvalue weighted by atomic mass is 35.5. The second-order valence-corrected chi connectivity index (χ2v) is 9.28. The molecule has 1 aromatic heterocycles. The summed E-state index contributed by atoms with van der Waals surface area (Å²) in [5.74, 6) is 1.33. The van der Waals surface area contributed by atoms with E-state index in [0.717, 1.165) is 16.7 Å². The fourth-order valence-electron chi connectivity index (χ4n) is 3.39. The number of hydrogen-bond donors (Lipinski definition) is 1. The van der Waals surface area contributed by atoms with Crippen LogP contribution in [-0.4, -0.2) is 55.4 Å². The predicted octanol–water partition coefficient (Wildman–Crippen LogP) is 3.39. The molecule has 2 aromatic carbocycles. The van der Waals surface area contributed by atoms with Crippen molar-refractivity contribution in [1.29, 1.82) is 0 Å². The molecule has 0 amide bonds. The Morgan fingerprint density at radius 2 is 1.73 bits per heavy atom. The maximum atomic E-state index is 12.9. The molecule has 1 saturated heterocycles. The largest absolute Gasteiger partial charge is 0.366 e. The van der Waals surface area contributed by atoms with Gasteiger partial charge < -0.3 is 10.2 Å². The highest BCUT2D eigenvalue weighted by Gasteiger charge is 2.29. The average Bonchev–Trinajstić information content (AvgIpc) is 2.77. The molecular weight excluding hydrogens is 422 g/mol. The number of nitrogens with zero attached hydrogens (tertiary/aromatic N) is 4. The van der Waals surface area contributed by atoms with E-state index in [-0.39, 0.29) is 4.90 Å². The number of halogens is 1. The van der Waals surface area contributed by atoms with Crippen LogP contribution in [0.25, 0.3) is 10.9 Å². The number of fused-ring (bicyclic) bond motifs is 1. The Kier molecular flexibility index (Phi) is 5.90. The lowest BCUT2D eigenvalue weighted by Gasteiger charge is -2.34. The van der Waals surface area contributed by atoms with Crippen LogP contribution in [0.5, 0.6) is 0 Å². The molecule has 0 unspecified atom stereocenters. The van der Waals surface area contributed by atoms with Crippen molar-refractivity contribution >= 4 is 44.3 Å². The maximum absolute atomic E-state index is 12.9. The fourth-order valence-corrected chi connectivity index (χ4v) is 4.94. The standard InChI is InChI=1S/C21H22ClN5O2S/c1-2-11-23-20-18-5-3-4-6-19(18)24-21(25-20)26-12-14-27(15-13-26)30(28,29)17-9-7-16(22)8-10-17/h2-10H,1,11-15H2,(H,23,24,25). The number of nitrogens with one attached hydrogen (secondary N) is 1. The molecule has 1 fully saturated rings. The monoisotopic (exact) mass is 443 g/mol. The Morgan fingerprint density at radius 1 is 1.03 bits per heavy atom. The van der Waals surface area contributed by atoms with E-state index in [0.29, 0.717) is 43.7 Å². The Balaban J connectivity index is 1.54. The summed E-state index contributed by atoms with van der Waals surface area (Å²) >= 11 is 5.88. The number of aromatic nitrogens is 2. The summed E-state index contributed by atoms with van der Waals surface area (Å²) < 4.78 is 27.3. The number of rotatable bonds is 6. The summed E-state index contributed by atoms with van der Waals surface area (Å²) in [5.41, 5.74) is 0.838. The van der Waals surface area contributed by atoms with Gasteiger partial charge in [0.15, 0.2) is 0 Å². The lowest BCUT2D eigenvalue weighted by molar-refractivity contribution is 0.382. The lowest BCUT2D eigenvalue weighted by atomic mass is 10.2. The van der Waals surface area contributed by atoms with E-state index in [1.54, 1.807) is 18.2 Å². The van der Waals surface area contributed by atoms with Gasteiger partial charge in [-0.3, -0.25) is 0 Å². The van der Waals surface area contributed by atoms with Crippen LogP contribution >= 0.6 is 11.6 Å². The molecular formula is C21H22ClN5O2S. The van der Waals surface area contributed by atoms with Gasteiger partial charge in [-0.05, 0) is 36.4 Å². The smallest absolute Gasteiger partial charge is 0.243 e. The van der Waals surface area contributed by atoms with Crippen molar-refractivity contribution in [2.45, 2.75) is 4.90 Å². The van der Waals surface area contributed by atoms with E-state index < -0.39 is 10.0 Å². The summed E-state index contributed by atoms with van der Waals surface area (Å²) in [4.78, 5) is 11.6. The summed E-state index contributed by atoms with van der Waals surface area (Å²) in [6, 6.07) is 14.1. The first kappa shape index (κ1) is 20.6. The molecule has 3 aromatic rings. The molecule has 1 N–H and O–H groups in total. The molecule has 0 atom stereocenters. The van der Waals surface area contributed by atoms with Crippen molar-refractivity contribution in [3.05, 3.63) is 66.2 Å². The van der Waals surface area contributed by atoms with Crippen molar-refractivity contribution in [3.63, 3.8) is 0 Å². The van der Waals surface area contributed by atoms with E-state index in [9.17, 15) is 8.42 Å². The number of benzene rings is 2. The van der Waals surface area contributed by atoms with Crippen molar-refractivity contribution in [3.8, 4) is 0 Å². The highest BCUT2D eigenvalue weighted by molar-refractivity contribution is 7.89. The molecule has 30 heavy (non-hydrogen) atoms. The van der Waals surface area contributed by atoms with Crippen molar-refractivity contribution in [2.24, 2.45) is 0 Å². The molecule has 0 saturated carbocycles. The molecule has 0 aliphatic carbocycles. The van der Waals surface area contributed by atoms with Crippen molar-refractivity contribution in [2.75, 3.05) is 42.9 Å². The number of hydrogen-bond acceptors (Lipinski definition) is 6. The second-order valence-electron chi connectivity index (χ2n) is 6.90. The normalized spacial score (nSPS) is 15.3. The van der Waals surface area contributed by atoms with Gasteiger partial charge in [0.2, 0.25) is 16.0 Å². The average molecular weight is 444 g/mol. The first-order chi connectivity index (χ1) is 14.5. The summed E-state index contributed by atoms with van der Waals surface area (Å²) in [7, 11) is -3.56. The topological polar surface area (TPSA) is 78.4 Å². The van der Waals surface area contributed by atoms with Gasteiger partial charge in [-0.15, -0.1) is 6.58 Å². The van der Waals surface area contributed by atoms with Gasteiger partial charge in [0.1, 0.15) is 5.82 Å². The lowest BCUT2D eigenvalue weighted by Crippen LogP contribution is -2.49. The second kappa shape index (κ2) is 8.59. The quantitative estimate of drug-likeness (QED) is 0.588. The molecule has 0 spiro atoms. The zero-order valence-electron chi connectivity index (χ0n) is 16.3. The zero-order valence-corrected chi connectivity index (χ0v) is 17.9. The molecule has 1 aliphatic rings. The minimum absolute atomic E-state index is 0.248. The van der Waals surface area contributed by atoms with Crippen LogP contribution in [0.4, 0.5) is 11.8 Å². The third-order valence-electron chi connectivity index (χ3n) is 4.98. The van der Waals surface area contributed by atoms with E-state index in [1.807, 2.05) is 29.2 Å². The summed E-state index contributed by atoms with van der Waals surface area (Å²) in [6.07, 6.45) is 1.77. The number of anilines is 2. The molecule has 0 bridgehead atoms. The predicted molar refractivity (Wildman–Crippen MR) is 121 cm³/mol. The van der Waals surface area contributed by atoms with E-state index >= 15 is 0 Å². The summed E-state index contributed by atoms with van der Waals surface area (Å²) in [5, 5.41) is 4.71. The number of piperazine rings is 1. The Morgan fingerprint density at radius 3 is 2.43 bits per heavy atom. The Labute approximate surface area is 181 Å². The van der Waals surface area contributed by atoms with Gasteiger partial charge in [-0.1, -0.05) is 29.8 Å². The number of para-hydroxylation sites is 1. The fraction of sp³-hybridized carbons (Fsp3) is 0.238. The van der Waals surface area contributed by atoms with Gasteiger partial charge in [-0.2, -0.15) is 9.29 Å². The van der Waals surface area contributed by atoms with E-state index in [4.69, 9.17) is 16.6 Å². The van der Waals surface area contributed by atoms with Crippen LogP contribution in [0.2, 0.25) is 5.02 Å². The first-order valence-electron chi connectivity index (χ1n) is 9.61. The van der Waals surface area contributed by atoms with Crippen molar-refractivity contribution < 1.29 is 8.42 Å². The molecule has 4 rings (SSSR count). The SMILES string of the molecule is C=CCNc1nc(N2CCN(S(=O)(=O)c3ccc(Cl)cc3)CC2)nc2ccccc12. The van der Waals surface area contributed by atoms with Gasteiger partial charge in [-0.25, -0.2) is 13.4 Å². The maximum Gasteiger partial charge on any atom is 0.243 e. The van der Waals surface area contributed by atoms with Crippen molar-refractivity contribution in [1.82, 2.24) is 14.3 Å². The van der Waals surface area contributed by atoms with Crippen LogP contribution in [0.15, 0.2) is 66.1 Å². The molecule has 7 nitrogen and oxygen atoms in total. The third kappa shape index (κ3) is 4.12. The van der Waals surface area contributed by atoms with Gasteiger partial charge in [0.05, 0.1) is 10.4 Å². The highest BCUT2D eigenvalue weighted by Crippen LogP contribution is 2.25. The third-order valence-corrected chi connectivity index (χ3v) is 7.14. The van der Waals surface area contributed by atoms with Gasteiger partial charge >= 0.3 is 0 Å². The van der Waals surface area contributed by atoms with E-state index in [2.05, 4.69) is 16.9 Å². The van der Waals surface area contributed by atoms with Crippen LogP contribution < -0.4 is 10.2 Å². The molecule has 0 radical (unpaired) electrons. The zero-order chi connectivity index (χ0) is 21.1. The minimum atomic E-state index is -3.56. The van der Waals surface area contributed by atoms with Gasteiger partial charge in [0.25, 0.3) is 0 Å². The summed E-state index contributed by atoms with van der Waals surface area (Å²) in [6.45, 7) is 6.06.